The molecule has 0 bridgehead atoms. The highest BCUT2D eigenvalue weighted by Gasteiger charge is 2.11. The monoisotopic (exact) mass is 200 g/mol. The number of carboxylic acid groups (broad SMARTS) is 1. The fraction of sp³-hybridized carbons (Fsp3) is 0.0909. The molecular formula is C11H8N2O2. The third-order valence-electron chi connectivity index (χ3n) is 2.27. The van der Waals surface area contributed by atoms with E-state index in [1.54, 1.807) is 12.1 Å². The average Bonchev–Trinajstić information content (AvgIpc) is 2.59. The Morgan fingerprint density at radius 3 is 2.87 bits per heavy atom. The molecule has 0 unspecified atom stereocenters. The zero-order valence-corrected chi connectivity index (χ0v) is 7.84. The van der Waals surface area contributed by atoms with Crippen molar-refractivity contribution >= 4 is 17.0 Å². The van der Waals surface area contributed by atoms with Gasteiger partial charge in [-0.3, -0.25) is 4.57 Å². The molecule has 1 heterocycles. The second-order valence-electron chi connectivity index (χ2n) is 3.16. The third-order valence-corrected chi connectivity index (χ3v) is 2.27. The Balaban J connectivity index is 2.74. The summed E-state index contributed by atoms with van der Waals surface area (Å²) in [5.74, 6) is 0. The molecule has 4 heteroatoms. The zero-order chi connectivity index (χ0) is 10.8. The molecule has 0 atom stereocenters. The number of carbonyl (C=O) groups is 1. The molecule has 4 nitrogen and oxygen atoms in total. The number of rotatable bonds is 1. The lowest BCUT2D eigenvalue weighted by molar-refractivity contribution is 0.197. The number of fused-ring (bicyclic) bond motifs is 1. The summed E-state index contributed by atoms with van der Waals surface area (Å²) in [6.45, 7) is 0. The number of benzene rings is 1. The van der Waals surface area contributed by atoms with Gasteiger partial charge in [0.05, 0.1) is 18.0 Å². The first-order chi connectivity index (χ1) is 7.24. The Morgan fingerprint density at radius 1 is 1.47 bits per heavy atom. The molecule has 0 amide bonds. The van der Waals surface area contributed by atoms with E-state index < -0.39 is 6.09 Å². The first-order valence-electron chi connectivity index (χ1n) is 4.43. The van der Waals surface area contributed by atoms with Gasteiger partial charge in [0.2, 0.25) is 0 Å². The van der Waals surface area contributed by atoms with Crippen LogP contribution in [0.25, 0.3) is 10.9 Å². The van der Waals surface area contributed by atoms with E-state index in [0.29, 0.717) is 5.52 Å². The van der Waals surface area contributed by atoms with Gasteiger partial charge in [-0.05, 0) is 11.6 Å². The second kappa shape index (κ2) is 3.46. The van der Waals surface area contributed by atoms with Crippen LogP contribution < -0.4 is 0 Å². The SMILES string of the molecule is N#CCc1cn(C(=O)O)c2ccccc12. The molecule has 2 aromatic rings. The van der Waals surface area contributed by atoms with Gasteiger partial charge in [-0.25, -0.2) is 4.79 Å². The summed E-state index contributed by atoms with van der Waals surface area (Å²) < 4.78 is 1.14. The van der Waals surface area contributed by atoms with Gasteiger partial charge in [0.15, 0.2) is 0 Å². The fourth-order valence-corrected chi connectivity index (χ4v) is 1.63. The van der Waals surface area contributed by atoms with E-state index in [9.17, 15) is 4.79 Å². The Bertz CT molecular complexity index is 563. The minimum absolute atomic E-state index is 0.223. The molecule has 0 fully saturated rings. The van der Waals surface area contributed by atoms with Crippen molar-refractivity contribution in [1.82, 2.24) is 4.57 Å². The first kappa shape index (κ1) is 9.28. The number of para-hydroxylation sites is 1. The lowest BCUT2D eigenvalue weighted by Crippen LogP contribution is -2.05. The molecule has 1 aromatic heterocycles. The fourth-order valence-electron chi connectivity index (χ4n) is 1.63. The number of nitrogens with zero attached hydrogens (tertiary/aromatic N) is 2. The van der Waals surface area contributed by atoms with Gasteiger partial charge in [0.1, 0.15) is 0 Å². The number of nitriles is 1. The van der Waals surface area contributed by atoms with Gasteiger partial charge < -0.3 is 5.11 Å². The molecule has 0 aliphatic carbocycles. The summed E-state index contributed by atoms with van der Waals surface area (Å²) in [6, 6.07) is 9.17. The van der Waals surface area contributed by atoms with Crippen LogP contribution in [0.3, 0.4) is 0 Å². The van der Waals surface area contributed by atoms with Gasteiger partial charge in [-0.2, -0.15) is 5.26 Å². The van der Waals surface area contributed by atoms with Crippen molar-refractivity contribution in [3.63, 3.8) is 0 Å². The van der Waals surface area contributed by atoms with E-state index >= 15 is 0 Å². The standard InChI is InChI=1S/C11H8N2O2/c12-6-5-8-7-13(11(14)15)10-4-2-1-3-9(8)10/h1-4,7H,5H2,(H,14,15). The maximum absolute atomic E-state index is 10.9. The molecule has 0 saturated carbocycles. The number of aromatic nitrogens is 1. The van der Waals surface area contributed by atoms with Crippen LogP contribution in [0.15, 0.2) is 30.5 Å². The summed E-state index contributed by atoms with van der Waals surface area (Å²) in [4.78, 5) is 10.9. The quantitative estimate of drug-likeness (QED) is 0.767. The highest BCUT2D eigenvalue weighted by atomic mass is 16.4. The van der Waals surface area contributed by atoms with E-state index in [4.69, 9.17) is 10.4 Å². The number of hydrogen-bond acceptors (Lipinski definition) is 2. The van der Waals surface area contributed by atoms with Gasteiger partial charge in [-0.1, -0.05) is 18.2 Å². The minimum Gasteiger partial charge on any atom is -0.464 e. The topological polar surface area (TPSA) is 66.0 Å². The minimum atomic E-state index is -1.03. The van der Waals surface area contributed by atoms with Crippen molar-refractivity contribution in [1.29, 1.82) is 5.26 Å². The molecule has 0 aliphatic rings. The zero-order valence-electron chi connectivity index (χ0n) is 7.84. The Kier molecular flexibility index (Phi) is 2.14. The molecular weight excluding hydrogens is 192 g/mol. The van der Waals surface area contributed by atoms with Gasteiger partial charge in [0, 0.05) is 11.6 Å². The van der Waals surface area contributed by atoms with E-state index in [2.05, 4.69) is 0 Å². The highest BCUT2D eigenvalue weighted by molar-refractivity contribution is 5.91. The molecule has 74 valence electrons. The Labute approximate surface area is 86.0 Å². The van der Waals surface area contributed by atoms with Gasteiger partial charge >= 0.3 is 6.09 Å². The predicted octanol–water partition coefficient (Wildman–Crippen LogP) is 2.23. The largest absolute Gasteiger partial charge is 0.464 e. The van der Waals surface area contributed by atoms with Crippen LogP contribution in [-0.4, -0.2) is 15.8 Å². The summed E-state index contributed by atoms with van der Waals surface area (Å²) in [7, 11) is 0. The Hall–Kier alpha value is -2.28. The van der Waals surface area contributed by atoms with Crippen LogP contribution in [-0.2, 0) is 6.42 Å². The van der Waals surface area contributed by atoms with E-state index in [1.165, 1.54) is 6.20 Å². The molecule has 0 saturated heterocycles. The summed E-state index contributed by atoms with van der Waals surface area (Å²) in [6.07, 6.45) is 0.687. The van der Waals surface area contributed by atoms with Gasteiger partial charge in [0.25, 0.3) is 0 Å². The maximum Gasteiger partial charge on any atom is 0.416 e. The smallest absolute Gasteiger partial charge is 0.416 e. The van der Waals surface area contributed by atoms with Crippen molar-refractivity contribution in [2.24, 2.45) is 0 Å². The lowest BCUT2D eigenvalue weighted by Gasteiger charge is -1.95. The van der Waals surface area contributed by atoms with E-state index in [-0.39, 0.29) is 6.42 Å². The van der Waals surface area contributed by atoms with Gasteiger partial charge in [-0.15, -0.1) is 0 Å². The second-order valence-corrected chi connectivity index (χ2v) is 3.16. The highest BCUT2D eigenvalue weighted by Crippen LogP contribution is 2.21. The van der Waals surface area contributed by atoms with Crippen molar-refractivity contribution in [2.45, 2.75) is 6.42 Å². The van der Waals surface area contributed by atoms with Crippen molar-refractivity contribution < 1.29 is 9.90 Å². The summed E-state index contributed by atoms with van der Waals surface area (Å²) in [5, 5.41) is 18.4. The first-order valence-corrected chi connectivity index (χ1v) is 4.43. The molecule has 2 rings (SSSR count). The van der Waals surface area contributed by atoms with Crippen molar-refractivity contribution in [2.75, 3.05) is 0 Å². The van der Waals surface area contributed by atoms with Crippen LogP contribution in [0.4, 0.5) is 4.79 Å². The Morgan fingerprint density at radius 2 is 2.20 bits per heavy atom. The average molecular weight is 200 g/mol. The molecule has 0 aliphatic heterocycles. The van der Waals surface area contributed by atoms with Crippen LogP contribution in [0, 0.1) is 11.3 Å². The van der Waals surface area contributed by atoms with Crippen LogP contribution in [0.2, 0.25) is 0 Å². The lowest BCUT2D eigenvalue weighted by atomic mass is 10.1. The molecule has 1 aromatic carbocycles. The molecule has 0 radical (unpaired) electrons. The van der Waals surface area contributed by atoms with E-state index in [1.807, 2.05) is 18.2 Å². The molecule has 1 N–H and O–H groups in total. The molecule has 15 heavy (non-hydrogen) atoms. The maximum atomic E-state index is 10.9. The van der Waals surface area contributed by atoms with Crippen LogP contribution >= 0.6 is 0 Å². The summed E-state index contributed by atoms with van der Waals surface area (Å²) in [5.41, 5.74) is 1.37. The molecule has 0 spiro atoms. The van der Waals surface area contributed by atoms with Crippen molar-refractivity contribution in [3.05, 3.63) is 36.0 Å². The van der Waals surface area contributed by atoms with Crippen molar-refractivity contribution in [3.8, 4) is 6.07 Å². The predicted molar refractivity (Wildman–Crippen MR) is 54.7 cm³/mol. The third kappa shape index (κ3) is 1.44. The van der Waals surface area contributed by atoms with E-state index in [0.717, 1.165) is 15.5 Å². The van der Waals surface area contributed by atoms with Crippen LogP contribution in [0.5, 0.6) is 0 Å². The number of hydrogen-bond donors (Lipinski definition) is 1. The summed E-state index contributed by atoms with van der Waals surface area (Å²) >= 11 is 0. The van der Waals surface area contributed by atoms with Crippen LogP contribution in [0.1, 0.15) is 5.56 Å². The normalized spacial score (nSPS) is 10.1.